The van der Waals surface area contributed by atoms with Gasteiger partial charge in [0.2, 0.25) is 0 Å². The Morgan fingerprint density at radius 3 is 2.85 bits per heavy atom. The first-order valence-corrected chi connectivity index (χ1v) is 9.59. The zero-order valence-electron chi connectivity index (χ0n) is 14.5. The molecule has 0 fully saturated rings. The topological polar surface area (TPSA) is 52.2 Å². The molecule has 4 aromatic rings. The molecule has 1 aromatic carbocycles. The number of hydrogen-bond acceptors (Lipinski definition) is 4. The summed E-state index contributed by atoms with van der Waals surface area (Å²) in [5, 5.41) is 5.65. The SMILES string of the molecule is C=C(C)Cn1c(=O)n2nc(-c3ccccc3)nc2c2c3c(sc21)CCC3. The zero-order chi connectivity index (χ0) is 17.8. The van der Waals surface area contributed by atoms with Gasteiger partial charge in [0, 0.05) is 17.0 Å². The van der Waals surface area contributed by atoms with Gasteiger partial charge in [0.15, 0.2) is 11.5 Å². The summed E-state index contributed by atoms with van der Waals surface area (Å²) in [6, 6.07) is 9.81. The van der Waals surface area contributed by atoms with E-state index in [1.54, 1.807) is 15.9 Å². The lowest BCUT2D eigenvalue weighted by Crippen LogP contribution is -2.27. The fourth-order valence-electron chi connectivity index (χ4n) is 3.74. The molecule has 0 N–H and O–H groups in total. The smallest absolute Gasteiger partial charge is 0.279 e. The van der Waals surface area contributed by atoms with Crippen LogP contribution in [0.3, 0.4) is 0 Å². The molecule has 1 aliphatic rings. The highest BCUT2D eigenvalue weighted by atomic mass is 32.1. The molecule has 130 valence electrons. The molecule has 6 heteroatoms. The molecule has 0 bridgehead atoms. The van der Waals surface area contributed by atoms with Gasteiger partial charge in [-0.3, -0.25) is 4.57 Å². The Bertz CT molecular complexity index is 1230. The van der Waals surface area contributed by atoms with Crippen molar-refractivity contribution in [1.82, 2.24) is 19.2 Å². The van der Waals surface area contributed by atoms with Gasteiger partial charge in [-0.25, -0.2) is 9.78 Å². The van der Waals surface area contributed by atoms with Crippen LogP contribution in [0, 0.1) is 0 Å². The lowest BCUT2D eigenvalue weighted by Gasteiger charge is -2.08. The number of nitrogens with zero attached hydrogens (tertiary/aromatic N) is 4. The van der Waals surface area contributed by atoms with Crippen LogP contribution in [0.4, 0.5) is 0 Å². The van der Waals surface area contributed by atoms with Crippen LogP contribution in [0.1, 0.15) is 23.8 Å². The van der Waals surface area contributed by atoms with Gasteiger partial charge < -0.3 is 0 Å². The number of rotatable bonds is 3. The van der Waals surface area contributed by atoms with Crippen molar-refractivity contribution in [1.29, 1.82) is 0 Å². The van der Waals surface area contributed by atoms with Crippen LogP contribution in [0.5, 0.6) is 0 Å². The Labute approximate surface area is 154 Å². The fourth-order valence-corrected chi connectivity index (χ4v) is 5.11. The van der Waals surface area contributed by atoms with Crippen molar-refractivity contribution >= 4 is 27.2 Å². The van der Waals surface area contributed by atoms with Gasteiger partial charge in [0.25, 0.3) is 0 Å². The van der Waals surface area contributed by atoms with Crippen molar-refractivity contribution in [3.63, 3.8) is 0 Å². The van der Waals surface area contributed by atoms with E-state index >= 15 is 0 Å². The van der Waals surface area contributed by atoms with Crippen molar-refractivity contribution in [2.45, 2.75) is 32.7 Å². The molecule has 3 heterocycles. The largest absolute Gasteiger partial charge is 0.352 e. The molecule has 3 aromatic heterocycles. The third kappa shape index (κ3) is 2.18. The first-order chi connectivity index (χ1) is 12.6. The number of fused-ring (bicyclic) bond motifs is 5. The summed E-state index contributed by atoms with van der Waals surface area (Å²) in [6.07, 6.45) is 3.30. The minimum Gasteiger partial charge on any atom is -0.279 e. The summed E-state index contributed by atoms with van der Waals surface area (Å²) in [5.41, 5.74) is 3.75. The molecule has 0 aliphatic heterocycles. The lowest BCUT2D eigenvalue weighted by molar-refractivity contribution is 0.713. The summed E-state index contributed by atoms with van der Waals surface area (Å²) in [4.78, 5) is 20.3. The Balaban J connectivity index is 1.90. The second-order valence-corrected chi connectivity index (χ2v) is 7.98. The second kappa shape index (κ2) is 5.64. The fraction of sp³-hybridized carbons (Fsp3) is 0.250. The molecule has 5 nitrogen and oxygen atoms in total. The number of benzene rings is 1. The summed E-state index contributed by atoms with van der Waals surface area (Å²) >= 11 is 1.73. The Kier molecular flexibility index (Phi) is 3.37. The van der Waals surface area contributed by atoms with Gasteiger partial charge in [0.05, 0.1) is 5.39 Å². The quantitative estimate of drug-likeness (QED) is 0.520. The van der Waals surface area contributed by atoms with Gasteiger partial charge in [-0.15, -0.1) is 16.4 Å². The average Bonchev–Trinajstić information content (AvgIpc) is 3.32. The van der Waals surface area contributed by atoms with E-state index in [0.717, 1.165) is 34.2 Å². The standard InChI is InChI=1S/C20H18N4OS/c1-12(2)11-23-19-16(14-9-6-10-15(14)26-19)18-21-17(22-24(18)20(23)25)13-7-4-3-5-8-13/h3-5,7-8H,1,6,9-11H2,2H3. The Hall–Kier alpha value is -2.73. The highest BCUT2D eigenvalue weighted by molar-refractivity contribution is 7.19. The van der Waals surface area contributed by atoms with Gasteiger partial charge >= 0.3 is 5.69 Å². The Morgan fingerprint density at radius 1 is 1.27 bits per heavy atom. The van der Waals surface area contributed by atoms with Crippen LogP contribution in [0.2, 0.25) is 0 Å². The van der Waals surface area contributed by atoms with Crippen LogP contribution < -0.4 is 5.69 Å². The van der Waals surface area contributed by atoms with Crippen LogP contribution in [0.25, 0.3) is 27.3 Å². The van der Waals surface area contributed by atoms with Crippen molar-refractivity contribution in [3.05, 3.63) is 63.4 Å². The molecular weight excluding hydrogens is 344 g/mol. The average molecular weight is 362 g/mol. The molecule has 26 heavy (non-hydrogen) atoms. The van der Waals surface area contributed by atoms with Crippen molar-refractivity contribution in [3.8, 4) is 11.4 Å². The second-order valence-electron chi connectivity index (χ2n) is 6.90. The molecular formula is C20H18N4OS. The van der Waals surface area contributed by atoms with Gasteiger partial charge in [0.1, 0.15) is 4.83 Å². The van der Waals surface area contributed by atoms with Crippen LogP contribution in [0.15, 0.2) is 47.3 Å². The van der Waals surface area contributed by atoms with E-state index in [-0.39, 0.29) is 5.69 Å². The van der Waals surface area contributed by atoms with Crippen LogP contribution in [-0.2, 0) is 19.4 Å². The number of thiophene rings is 1. The molecule has 0 unspecified atom stereocenters. The van der Waals surface area contributed by atoms with Gasteiger partial charge in [-0.05, 0) is 31.7 Å². The molecule has 0 saturated heterocycles. The first-order valence-electron chi connectivity index (χ1n) is 8.77. The third-order valence-corrected chi connectivity index (χ3v) is 6.17. The monoisotopic (exact) mass is 362 g/mol. The Morgan fingerprint density at radius 2 is 2.08 bits per heavy atom. The highest BCUT2D eigenvalue weighted by Crippen LogP contribution is 2.38. The number of aryl methyl sites for hydroxylation is 2. The van der Waals surface area contributed by atoms with E-state index in [9.17, 15) is 4.79 Å². The normalized spacial score (nSPS) is 13.6. The number of hydrogen-bond donors (Lipinski definition) is 0. The van der Waals surface area contributed by atoms with E-state index in [1.165, 1.54) is 21.4 Å². The predicted octanol–water partition coefficient (Wildman–Crippen LogP) is 3.84. The van der Waals surface area contributed by atoms with E-state index in [1.807, 2.05) is 37.3 Å². The number of aromatic nitrogens is 4. The van der Waals surface area contributed by atoms with E-state index in [0.29, 0.717) is 18.0 Å². The molecule has 5 rings (SSSR count). The predicted molar refractivity (Wildman–Crippen MR) is 105 cm³/mol. The minimum atomic E-state index is -0.148. The van der Waals surface area contributed by atoms with E-state index in [2.05, 4.69) is 11.7 Å². The summed E-state index contributed by atoms with van der Waals surface area (Å²) < 4.78 is 3.27. The van der Waals surface area contributed by atoms with Crippen LogP contribution in [-0.4, -0.2) is 19.2 Å². The van der Waals surface area contributed by atoms with Crippen molar-refractivity contribution < 1.29 is 0 Å². The van der Waals surface area contributed by atoms with E-state index < -0.39 is 0 Å². The molecule has 1 aliphatic carbocycles. The summed E-state index contributed by atoms with van der Waals surface area (Å²) in [7, 11) is 0. The van der Waals surface area contributed by atoms with Crippen LogP contribution >= 0.6 is 11.3 Å². The van der Waals surface area contributed by atoms with Crippen molar-refractivity contribution in [2.24, 2.45) is 0 Å². The van der Waals surface area contributed by atoms with Crippen molar-refractivity contribution in [2.75, 3.05) is 0 Å². The zero-order valence-corrected chi connectivity index (χ0v) is 15.3. The molecule has 0 spiro atoms. The maximum atomic E-state index is 13.1. The minimum absolute atomic E-state index is 0.148. The molecule has 0 radical (unpaired) electrons. The maximum absolute atomic E-state index is 13.1. The highest BCUT2D eigenvalue weighted by Gasteiger charge is 2.25. The molecule has 0 saturated carbocycles. The summed E-state index contributed by atoms with van der Waals surface area (Å²) in [6.45, 7) is 6.44. The van der Waals surface area contributed by atoms with E-state index in [4.69, 9.17) is 4.98 Å². The maximum Gasteiger partial charge on any atom is 0.352 e. The summed E-state index contributed by atoms with van der Waals surface area (Å²) in [5.74, 6) is 0.593. The number of allylic oxidation sites excluding steroid dienone is 1. The van der Waals surface area contributed by atoms with Gasteiger partial charge in [-0.2, -0.15) is 4.52 Å². The molecule has 0 atom stereocenters. The first kappa shape index (κ1) is 15.5. The lowest BCUT2D eigenvalue weighted by atomic mass is 10.2. The van der Waals surface area contributed by atoms with Gasteiger partial charge in [-0.1, -0.05) is 42.5 Å². The third-order valence-electron chi connectivity index (χ3n) is 4.85. The molecule has 0 amide bonds.